The molecule has 0 aliphatic carbocycles. The molecule has 0 saturated carbocycles. The summed E-state index contributed by atoms with van der Waals surface area (Å²) in [5.41, 5.74) is -2.26. The Morgan fingerprint density at radius 3 is 1.73 bits per heavy atom. The first-order valence-electron chi connectivity index (χ1n) is 3.03. The molecule has 0 aromatic rings. The van der Waals surface area contributed by atoms with Crippen LogP contribution in [0, 0.1) is 0 Å². The minimum Gasteiger partial charge on any atom is -0.379 e. The van der Waals surface area contributed by atoms with Gasteiger partial charge in [0.05, 0.1) is 0 Å². The molecule has 0 fully saturated rings. The van der Waals surface area contributed by atoms with Gasteiger partial charge in [-0.3, -0.25) is 0 Å². The van der Waals surface area contributed by atoms with E-state index in [1.165, 1.54) is 14.2 Å². The third kappa shape index (κ3) is 2.36. The molecule has 1 unspecified atom stereocenters. The van der Waals surface area contributed by atoms with E-state index in [1.807, 2.05) is 0 Å². The predicted molar refractivity (Wildman–Crippen MR) is 34.4 cm³/mol. The van der Waals surface area contributed by atoms with Gasteiger partial charge in [-0.25, -0.2) is 8.78 Å². The lowest BCUT2D eigenvalue weighted by Gasteiger charge is -2.29. The molecular formula is C6H12F2O3. The normalized spacial score (nSPS) is 17.5. The average Bonchev–Trinajstić information content (AvgIpc) is 1.89. The third-order valence-electron chi connectivity index (χ3n) is 1.35. The van der Waals surface area contributed by atoms with E-state index in [0.717, 1.165) is 6.92 Å². The van der Waals surface area contributed by atoms with Gasteiger partial charge in [0.25, 0.3) is 6.43 Å². The molecule has 0 heterocycles. The molecule has 0 aliphatic rings. The number of aliphatic hydroxyl groups is 1. The maximum absolute atomic E-state index is 12.0. The van der Waals surface area contributed by atoms with Crippen LogP contribution in [0.4, 0.5) is 8.78 Å². The molecule has 0 spiro atoms. The van der Waals surface area contributed by atoms with E-state index in [1.54, 1.807) is 0 Å². The Bertz CT molecular complexity index is 112. The second kappa shape index (κ2) is 3.94. The predicted octanol–water partition coefficient (Wildman–Crippen LogP) is 0.621. The van der Waals surface area contributed by atoms with Gasteiger partial charge in [0, 0.05) is 14.2 Å². The van der Waals surface area contributed by atoms with Crippen LogP contribution in [0.25, 0.3) is 0 Å². The largest absolute Gasteiger partial charge is 0.379 e. The highest BCUT2D eigenvalue weighted by Crippen LogP contribution is 2.21. The number of hydrogen-bond acceptors (Lipinski definition) is 3. The van der Waals surface area contributed by atoms with Crippen LogP contribution in [0.15, 0.2) is 0 Å². The number of alkyl halides is 2. The van der Waals surface area contributed by atoms with Gasteiger partial charge >= 0.3 is 0 Å². The van der Waals surface area contributed by atoms with Crippen LogP contribution in [0.1, 0.15) is 6.92 Å². The van der Waals surface area contributed by atoms with E-state index in [2.05, 4.69) is 9.47 Å². The molecule has 0 rings (SSSR count). The minimum atomic E-state index is -2.90. The van der Waals surface area contributed by atoms with Crippen LogP contribution >= 0.6 is 0 Å². The zero-order valence-corrected chi connectivity index (χ0v) is 6.67. The molecule has 1 atom stereocenters. The average molecular weight is 170 g/mol. The molecule has 0 amide bonds. The summed E-state index contributed by atoms with van der Waals surface area (Å²) in [6.45, 7) is 0.954. The van der Waals surface area contributed by atoms with Crippen molar-refractivity contribution in [3.8, 4) is 0 Å². The van der Waals surface area contributed by atoms with Gasteiger partial charge in [0.2, 0.25) is 0 Å². The molecule has 0 aromatic heterocycles. The summed E-state index contributed by atoms with van der Waals surface area (Å²) in [6, 6.07) is 0. The summed E-state index contributed by atoms with van der Waals surface area (Å²) in [4.78, 5) is 0. The Morgan fingerprint density at radius 1 is 1.27 bits per heavy atom. The Balaban J connectivity index is 4.24. The summed E-state index contributed by atoms with van der Waals surface area (Å²) in [5, 5.41) is 9.05. The van der Waals surface area contributed by atoms with Crippen LogP contribution in [0.3, 0.4) is 0 Å². The number of rotatable bonds is 4. The minimum absolute atomic E-state index is 0.954. The van der Waals surface area contributed by atoms with Gasteiger partial charge < -0.3 is 14.6 Å². The highest BCUT2D eigenvalue weighted by molar-refractivity contribution is 4.79. The van der Waals surface area contributed by atoms with E-state index in [-0.39, 0.29) is 0 Å². The fourth-order valence-corrected chi connectivity index (χ4v) is 0.676. The second-order valence-corrected chi connectivity index (χ2v) is 2.33. The maximum Gasteiger partial charge on any atom is 0.271 e. The smallest absolute Gasteiger partial charge is 0.271 e. The van der Waals surface area contributed by atoms with Crippen molar-refractivity contribution in [2.45, 2.75) is 25.2 Å². The van der Waals surface area contributed by atoms with Crippen LogP contribution in [-0.2, 0) is 9.47 Å². The first-order valence-corrected chi connectivity index (χ1v) is 3.03. The van der Waals surface area contributed by atoms with Gasteiger partial charge in [0.1, 0.15) is 0 Å². The zero-order chi connectivity index (χ0) is 9.07. The number of ether oxygens (including phenoxy) is 2. The lowest BCUT2D eigenvalue weighted by molar-refractivity contribution is -0.248. The molecule has 0 saturated heterocycles. The molecule has 68 valence electrons. The van der Waals surface area contributed by atoms with Gasteiger partial charge in [-0.15, -0.1) is 0 Å². The van der Waals surface area contributed by atoms with Gasteiger partial charge in [-0.05, 0) is 6.92 Å². The lowest BCUT2D eigenvalue weighted by atomic mass is 10.1. The molecule has 0 aromatic carbocycles. The number of hydrogen-bond donors (Lipinski definition) is 1. The highest BCUT2D eigenvalue weighted by atomic mass is 19.3. The molecule has 5 heteroatoms. The molecular weight excluding hydrogens is 158 g/mol. The summed E-state index contributed by atoms with van der Waals surface area (Å²) in [7, 11) is 2.37. The molecule has 0 radical (unpaired) electrons. The SMILES string of the molecule is COC(OC)C(C)(O)C(F)F. The van der Waals surface area contributed by atoms with Crippen molar-refractivity contribution in [1.29, 1.82) is 0 Å². The molecule has 1 N–H and O–H groups in total. The van der Waals surface area contributed by atoms with Gasteiger partial charge in [0.15, 0.2) is 11.9 Å². The Hall–Kier alpha value is -0.260. The first kappa shape index (κ1) is 10.7. The van der Waals surface area contributed by atoms with Crippen LogP contribution < -0.4 is 0 Å². The van der Waals surface area contributed by atoms with Crippen molar-refractivity contribution in [1.82, 2.24) is 0 Å². The van der Waals surface area contributed by atoms with E-state index in [0.29, 0.717) is 0 Å². The summed E-state index contributed by atoms with van der Waals surface area (Å²) in [6.07, 6.45) is -4.20. The fourth-order valence-electron chi connectivity index (χ4n) is 0.676. The standard InChI is InChI=1S/C6H12F2O3/c1-6(9,4(7)8)5(10-2)11-3/h4-5,9H,1-3H3. The molecule has 11 heavy (non-hydrogen) atoms. The lowest BCUT2D eigenvalue weighted by Crippen LogP contribution is -2.47. The van der Waals surface area contributed by atoms with Crippen molar-refractivity contribution in [3.63, 3.8) is 0 Å². The highest BCUT2D eigenvalue weighted by Gasteiger charge is 2.41. The summed E-state index contributed by atoms with van der Waals surface area (Å²) < 4.78 is 33.0. The Kier molecular flexibility index (Phi) is 3.85. The summed E-state index contributed by atoms with van der Waals surface area (Å²) >= 11 is 0. The third-order valence-corrected chi connectivity index (χ3v) is 1.35. The van der Waals surface area contributed by atoms with E-state index in [9.17, 15) is 8.78 Å². The van der Waals surface area contributed by atoms with Crippen molar-refractivity contribution < 1.29 is 23.4 Å². The fraction of sp³-hybridized carbons (Fsp3) is 1.00. The Labute approximate surface area is 63.9 Å². The van der Waals surface area contributed by atoms with Crippen LogP contribution in [0.5, 0.6) is 0 Å². The van der Waals surface area contributed by atoms with Crippen molar-refractivity contribution >= 4 is 0 Å². The van der Waals surface area contributed by atoms with Crippen LogP contribution in [-0.4, -0.2) is 37.6 Å². The summed E-state index contributed by atoms with van der Waals surface area (Å²) in [5.74, 6) is 0. The molecule has 3 nitrogen and oxygen atoms in total. The molecule has 0 aliphatic heterocycles. The van der Waals surface area contributed by atoms with E-state index >= 15 is 0 Å². The monoisotopic (exact) mass is 170 g/mol. The first-order chi connectivity index (χ1) is 4.96. The zero-order valence-electron chi connectivity index (χ0n) is 6.67. The Morgan fingerprint density at radius 2 is 1.64 bits per heavy atom. The van der Waals surface area contributed by atoms with Crippen molar-refractivity contribution in [2.75, 3.05) is 14.2 Å². The second-order valence-electron chi connectivity index (χ2n) is 2.33. The topological polar surface area (TPSA) is 38.7 Å². The quantitative estimate of drug-likeness (QED) is 0.628. The van der Waals surface area contributed by atoms with Crippen molar-refractivity contribution in [3.05, 3.63) is 0 Å². The molecule has 0 bridgehead atoms. The number of methoxy groups -OCH3 is 2. The van der Waals surface area contributed by atoms with Crippen LogP contribution in [0.2, 0.25) is 0 Å². The number of halogens is 2. The van der Waals surface area contributed by atoms with Gasteiger partial charge in [-0.2, -0.15) is 0 Å². The maximum atomic E-state index is 12.0. The van der Waals surface area contributed by atoms with E-state index in [4.69, 9.17) is 5.11 Å². The van der Waals surface area contributed by atoms with E-state index < -0.39 is 18.3 Å². The van der Waals surface area contributed by atoms with Crippen molar-refractivity contribution in [2.24, 2.45) is 0 Å². The van der Waals surface area contributed by atoms with Gasteiger partial charge in [-0.1, -0.05) is 0 Å².